The molecule has 1 amide bonds. The number of hydrogen-bond acceptors (Lipinski definition) is 6. The molecule has 0 spiro atoms. The molecule has 1 aromatic carbocycles. The van der Waals surface area contributed by atoms with Crippen molar-refractivity contribution in [2.75, 3.05) is 18.0 Å². The largest absolute Gasteiger partial charge is 0.477 e. The molecule has 2 aliphatic rings. The molecule has 0 saturated heterocycles. The summed E-state index contributed by atoms with van der Waals surface area (Å²) in [6, 6.07) is 6.18. The van der Waals surface area contributed by atoms with Crippen LogP contribution in [0.25, 0.3) is 11.4 Å². The zero-order valence-corrected chi connectivity index (χ0v) is 19.3. The van der Waals surface area contributed by atoms with Crippen LogP contribution in [0.1, 0.15) is 47.3 Å². The Morgan fingerprint density at radius 3 is 2.60 bits per heavy atom. The lowest BCUT2D eigenvalue weighted by Crippen LogP contribution is -2.51. The van der Waals surface area contributed by atoms with E-state index in [4.69, 9.17) is 4.99 Å². The summed E-state index contributed by atoms with van der Waals surface area (Å²) < 4.78 is 29.9. The third-order valence-corrected chi connectivity index (χ3v) is 5.98. The van der Waals surface area contributed by atoms with Gasteiger partial charge in [0.2, 0.25) is 5.96 Å². The number of imidazole rings is 1. The Morgan fingerprint density at radius 2 is 1.97 bits per heavy atom. The minimum atomic E-state index is -1.18. The predicted molar refractivity (Wildman–Crippen MR) is 123 cm³/mol. The number of carboxylic acid groups (broad SMARTS) is 1. The van der Waals surface area contributed by atoms with Gasteiger partial charge in [-0.3, -0.25) is 14.6 Å². The lowest BCUT2D eigenvalue weighted by Gasteiger charge is -2.34. The van der Waals surface area contributed by atoms with Gasteiger partial charge in [0.05, 0.1) is 18.6 Å². The van der Waals surface area contributed by atoms with Crippen LogP contribution in [0, 0.1) is 11.6 Å². The molecule has 35 heavy (non-hydrogen) atoms. The van der Waals surface area contributed by atoms with Crippen LogP contribution in [-0.2, 0) is 6.54 Å². The van der Waals surface area contributed by atoms with Gasteiger partial charge >= 0.3 is 5.97 Å². The molecule has 0 aliphatic carbocycles. The van der Waals surface area contributed by atoms with Crippen molar-refractivity contribution in [2.45, 2.75) is 32.9 Å². The monoisotopic (exact) mass is 480 g/mol. The molecule has 180 valence electrons. The molecule has 2 aromatic heterocycles. The quantitative estimate of drug-likeness (QED) is 0.600. The van der Waals surface area contributed by atoms with Crippen LogP contribution in [0.4, 0.5) is 14.6 Å². The van der Waals surface area contributed by atoms with Crippen LogP contribution in [0.5, 0.6) is 0 Å². The van der Waals surface area contributed by atoms with Gasteiger partial charge in [0, 0.05) is 29.9 Å². The van der Waals surface area contributed by atoms with Crippen LogP contribution in [0.15, 0.2) is 41.5 Å². The zero-order chi connectivity index (χ0) is 25.1. The van der Waals surface area contributed by atoms with E-state index in [1.54, 1.807) is 9.47 Å². The highest BCUT2D eigenvalue weighted by Crippen LogP contribution is 2.38. The third-order valence-electron chi connectivity index (χ3n) is 5.98. The summed E-state index contributed by atoms with van der Waals surface area (Å²) in [6.07, 6.45) is 1.35. The van der Waals surface area contributed by atoms with Gasteiger partial charge in [0.1, 0.15) is 29.0 Å². The number of nitrogens with zero attached hydrogens (tertiary/aromatic N) is 6. The fraction of sp³-hybridized carbons (Fsp3) is 0.292. The number of aromatic carboxylic acids is 1. The van der Waals surface area contributed by atoms with Crippen molar-refractivity contribution in [1.29, 1.82) is 0 Å². The smallest absolute Gasteiger partial charge is 0.354 e. The standard InChI is InChI=1S/C24H22F2N6O3/c1-4-30-21(33)18-20(32-12-24(2,3)29-23(30)32)31(11-14-5-7-15(25)9-16(14)26)19(28-18)13-6-8-17(22(34)35)27-10-13/h5-10H,4,11-12H2,1-3H3,(H,34,35). The topological polar surface area (TPSA) is 104 Å². The number of carbonyl (C=O) groups is 2. The van der Waals surface area contributed by atoms with Crippen molar-refractivity contribution in [3.8, 4) is 11.4 Å². The van der Waals surface area contributed by atoms with Crippen LogP contribution in [0.2, 0.25) is 0 Å². The second-order valence-electron chi connectivity index (χ2n) is 9.03. The highest BCUT2D eigenvalue weighted by molar-refractivity contribution is 6.18. The van der Waals surface area contributed by atoms with E-state index >= 15 is 0 Å². The minimum Gasteiger partial charge on any atom is -0.477 e. The lowest BCUT2D eigenvalue weighted by molar-refractivity contribution is 0.0690. The first-order valence-electron chi connectivity index (χ1n) is 11.0. The van der Waals surface area contributed by atoms with E-state index in [0.29, 0.717) is 36.3 Å². The summed E-state index contributed by atoms with van der Waals surface area (Å²) in [6.45, 7) is 6.54. The van der Waals surface area contributed by atoms with E-state index in [1.807, 2.05) is 25.7 Å². The Labute approximate surface area is 199 Å². The van der Waals surface area contributed by atoms with Gasteiger partial charge < -0.3 is 9.67 Å². The van der Waals surface area contributed by atoms with Crippen molar-refractivity contribution < 1.29 is 23.5 Å². The number of hydrogen-bond donors (Lipinski definition) is 1. The molecule has 9 nitrogen and oxygen atoms in total. The Bertz CT molecular complexity index is 1400. The van der Waals surface area contributed by atoms with Gasteiger partial charge in [-0.05, 0) is 39.0 Å². The first kappa shape index (κ1) is 22.6. The number of amides is 1. The van der Waals surface area contributed by atoms with Gasteiger partial charge in [-0.1, -0.05) is 6.07 Å². The number of carboxylic acids is 1. The molecule has 0 saturated carbocycles. The Hall–Kier alpha value is -4.15. The second kappa shape index (κ2) is 7.97. The van der Waals surface area contributed by atoms with Crippen LogP contribution < -0.4 is 4.90 Å². The molecule has 5 rings (SSSR count). The van der Waals surface area contributed by atoms with E-state index in [-0.39, 0.29) is 29.4 Å². The number of rotatable bonds is 5. The molecule has 0 bridgehead atoms. The molecule has 4 heterocycles. The zero-order valence-electron chi connectivity index (χ0n) is 19.3. The van der Waals surface area contributed by atoms with E-state index < -0.39 is 23.1 Å². The maximum absolute atomic E-state index is 14.7. The summed E-state index contributed by atoms with van der Waals surface area (Å²) in [7, 11) is 0. The Morgan fingerprint density at radius 1 is 1.20 bits per heavy atom. The molecule has 11 heteroatoms. The van der Waals surface area contributed by atoms with Crippen molar-refractivity contribution >= 4 is 23.7 Å². The SMILES string of the molecule is CCN1C(=O)c2nc(-c3ccc(C(=O)O)nc3)n(Cc3ccc(F)cc3F)c2N2CC(C)(C)N=C12. The van der Waals surface area contributed by atoms with Crippen LogP contribution >= 0.6 is 0 Å². The van der Waals surface area contributed by atoms with Gasteiger partial charge in [0.25, 0.3) is 5.91 Å². The van der Waals surface area contributed by atoms with Crippen molar-refractivity contribution in [2.24, 2.45) is 4.99 Å². The fourth-order valence-electron chi connectivity index (χ4n) is 4.41. The van der Waals surface area contributed by atoms with Crippen LogP contribution in [0.3, 0.4) is 0 Å². The summed E-state index contributed by atoms with van der Waals surface area (Å²) in [4.78, 5) is 41.4. The average molecular weight is 480 g/mol. The molecule has 0 radical (unpaired) electrons. The molecular weight excluding hydrogens is 458 g/mol. The number of benzene rings is 1. The molecule has 1 N–H and O–H groups in total. The van der Waals surface area contributed by atoms with E-state index in [0.717, 1.165) is 6.07 Å². The Balaban J connectivity index is 1.73. The average Bonchev–Trinajstić information content (AvgIpc) is 3.33. The fourth-order valence-corrected chi connectivity index (χ4v) is 4.41. The third kappa shape index (κ3) is 3.72. The number of fused-ring (bicyclic) bond motifs is 3. The first-order valence-corrected chi connectivity index (χ1v) is 11.0. The summed E-state index contributed by atoms with van der Waals surface area (Å²) in [5.41, 5.74) is 0.185. The van der Waals surface area contributed by atoms with Gasteiger partial charge in [0.15, 0.2) is 5.69 Å². The molecule has 3 aromatic rings. The van der Waals surface area contributed by atoms with E-state index in [2.05, 4.69) is 9.97 Å². The summed E-state index contributed by atoms with van der Waals surface area (Å²) >= 11 is 0. The molecule has 2 aliphatic heterocycles. The molecular formula is C24H22F2N6O3. The molecule has 0 atom stereocenters. The van der Waals surface area contributed by atoms with Crippen molar-refractivity contribution in [3.05, 3.63) is 65.1 Å². The van der Waals surface area contributed by atoms with Gasteiger partial charge in [-0.15, -0.1) is 0 Å². The molecule has 0 fully saturated rings. The molecule has 0 unspecified atom stereocenters. The number of aliphatic imine (C=N–C) groups is 1. The number of carbonyl (C=O) groups excluding carboxylic acids is 1. The summed E-state index contributed by atoms with van der Waals surface area (Å²) in [5.74, 6) is -1.71. The maximum atomic E-state index is 14.7. The Kier molecular flexibility index (Phi) is 5.15. The number of halogens is 2. The normalized spacial score (nSPS) is 16.3. The van der Waals surface area contributed by atoms with E-state index in [9.17, 15) is 23.5 Å². The summed E-state index contributed by atoms with van der Waals surface area (Å²) in [5, 5.41) is 9.20. The van der Waals surface area contributed by atoms with E-state index in [1.165, 1.54) is 30.5 Å². The van der Waals surface area contributed by atoms with Gasteiger partial charge in [-0.25, -0.2) is 28.5 Å². The maximum Gasteiger partial charge on any atom is 0.354 e. The number of guanidine groups is 1. The number of anilines is 1. The van der Waals surface area contributed by atoms with Crippen molar-refractivity contribution in [1.82, 2.24) is 19.4 Å². The van der Waals surface area contributed by atoms with Gasteiger partial charge in [-0.2, -0.15) is 0 Å². The predicted octanol–water partition coefficient (Wildman–Crippen LogP) is 3.40. The number of pyridine rings is 1. The second-order valence-corrected chi connectivity index (χ2v) is 9.03. The highest BCUT2D eigenvalue weighted by Gasteiger charge is 2.45. The lowest BCUT2D eigenvalue weighted by atomic mass is 10.1. The minimum absolute atomic E-state index is 0.0475. The highest BCUT2D eigenvalue weighted by atomic mass is 19.1. The van der Waals surface area contributed by atoms with Crippen molar-refractivity contribution in [3.63, 3.8) is 0 Å². The first-order chi connectivity index (χ1) is 16.6. The van der Waals surface area contributed by atoms with Crippen LogP contribution in [-0.4, -0.2) is 61.0 Å². The number of aromatic nitrogens is 3.